The van der Waals surface area contributed by atoms with Crippen molar-refractivity contribution in [2.24, 2.45) is 22.2 Å². The monoisotopic (exact) mass is 288 g/mol. The highest BCUT2D eigenvalue weighted by atomic mass is 16.4. The van der Waals surface area contributed by atoms with Crippen molar-refractivity contribution in [1.82, 2.24) is 0 Å². The Morgan fingerprint density at radius 3 is 1.35 bits per heavy atom. The van der Waals surface area contributed by atoms with Crippen molar-refractivity contribution in [3.8, 4) is 0 Å². The van der Waals surface area contributed by atoms with E-state index in [0.29, 0.717) is 0 Å². The van der Waals surface area contributed by atoms with Crippen LogP contribution in [-0.2, 0) is 14.4 Å². The third-order valence-electron chi connectivity index (χ3n) is 4.07. The molecule has 0 rings (SSSR count). The number of carboxylic acid groups (broad SMARTS) is 3. The van der Waals surface area contributed by atoms with Crippen LogP contribution in [0.25, 0.3) is 0 Å². The van der Waals surface area contributed by atoms with Crippen LogP contribution in [0.3, 0.4) is 0 Å². The lowest BCUT2D eigenvalue weighted by Gasteiger charge is -2.49. The molecule has 0 saturated heterocycles. The van der Waals surface area contributed by atoms with Gasteiger partial charge in [0.25, 0.3) is 0 Å². The first-order valence-electron chi connectivity index (χ1n) is 6.45. The fourth-order valence-electron chi connectivity index (χ4n) is 2.95. The van der Waals surface area contributed by atoms with Gasteiger partial charge < -0.3 is 15.3 Å². The fraction of sp³-hybridized carbons (Fsp3) is 0.786. The van der Waals surface area contributed by atoms with Gasteiger partial charge in [-0.1, -0.05) is 34.6 Å². The molecule has 0 spiro atoms. The Morgan fingerprint density at radius 1 is 0.850 bits per heavy atom. The first-order chi connectivity index (χ1) is 8.75. The Balaban J connectivity index is 6.58. The van der Waals surface area contributed by atoms with E-state index in [1.165, 1.54) is 0 Å². The molecular formula is C14H24O6. The molecule has 116 valence electrons. The average molecular weight is 288 g/mol. The number of rotatable bonds is 6. The number of carbonyl (C=O) groups is 3. The van der Waals surface area contributed by atoms with Gasteiger partial charge in [0.2, 0.25) is 0 Å². The van der Waals surface area contributed by atoms with Crippen LogP contribution in [0.2, 0.25) is 0 Å². The molecule has 1 atom stereocenters. The van der Waals surface area contributed by atoms with Crippen LogP contribution in [0, 0.1) is 22.2 Å². The molecule has 6 heteroatoms. The van der Waals surface area contributed by atoms with E-state index in [2.05, 4.69) is 0 Å². The number of carboxylic acids is 3. The summed E-state index contributed by atoms with van der Waals surface area (Å²) in [6.45, 7) is 9.16. The van der Waals surface area contributed by atoms with Gasteiger partial charge in [-0.15, -0.1) is 0 Å². The molecule has 0 radical (unpaired) electrons. The van der Waals surface area contributed by atoms with Crippen LogP contribution in [0.1, 0.15) is 48.0 Å². The topological polar surface area (TPSA) is 112 Å². The maximum atomic E-state index is 11.9. The Hall–Kier alpha value is -1.59. The smallest absolute Gasteiger partial charge is 0.321 e. The van der Waals surface area contributed by atoms with Gasteiger partial charge in [0.1, 0.15) is 0 Å². The molecule has 0 aromatic rings. The molecule has 0 unspecified atom stereocenters. The van der Waals surface area contributed by atoms with Crippen LogP contribution in [0.4, 0.5) is 0 Å². The van der Waals surface area contributed by atoms with Crippen LogP contribution < -0.4 is 0 Å². The van der Waals surface area contributed by atoms with Crippen LogP contribution >= 0.6 is 0 Å². The molecule has 0 fully saturated rings. The lowest BCUT2D eigenvalue weighted by Crippen LogP contribution is -2.61. The van der Waals surface area contributed by atoms with E-state index >= 15 is 0 Å². The molecule has 0 amide bonds. The van der Waals surface area contributed by atoms with E-state index in [9.17, 15) is 29.7 Å². The number of aliphatic carboxylic acids is 3. The van der Waals surface area contributed by atoms with E-state index < -0.39 is 34.2 Å². The highest BCUT2D eigenvalue weighted by molar-refractivity contribution is 6.03. The van der Waals surface area contributed by atoms with Crippen molar-refractivity contribution in [3.63, 3.8) is 0 Å². The second-order valence-corrected chi connectivity index (χ2v) is 6.79. The lowest BCUT2D eigenvalue weighted by atomic mass is 9.50. The summed E-state index contributed by atoms with van der Waals surface area (Å²) in [5.74, 6) is -4.83. The maximum absolute atomic E-state index is 11.9. The second-order valence-electron chi connectivity index (χ2n) is 6.79. The van der Waals surface area contributed by atoms with Crippen molar-refractivity contribution in [3.05, 3.63) is 0 Å². The van der Waals surface area contributed by atoms with Gasteiger partial charge in [-0.25, -0.2) is 0 Å². The highest BCUT2D eigenvalue weighted by Gasteiger charge is 2.68. The third kappa shape index (κ3) is 2.51. The minimum atomic E-state index is -2.42. The first-order valence-corrected chi connectivity index (χ1v) is 6.45. The van der Waals surface area contributed by atoms with Crippen molar-refractivity contribution in [2.45, 2.75) is 48.0 Å². The largest absolute Gasteiger partial charge is 0.481 e. The Morgan fingerprint density at radius 2 is 1.20 bits per heavy atom. The second kappa shape index (κ2) is 5.42. The van der Waals surface area contributed by atoms with Gasteiger partial charge in [-0.05, 0) is 24.7 Å². The molecule has 0 saturated carbocycles. The van der Waals surface area contributed by atoms with E-state index in [4.69, 9.17) is 0 Å². The van der Waals surface area contributed by atoms with Crippen LogP contribution in [0.15, 0.2) is 0 Å². The van der Waals surface area contributed by atoms with Gasteiger partial charge in [0.15, 0.2) is 5.41 Å². The zero-order chi connectivity index (χ0) is 16.5. The minimum absolute atomic E-state index is 0.0407. The highest BCUT2D eigenvalue weighted by Crippen LogP contribution is 2.56. The molecule has 0 aliphatic heterocycles. The predicted octanol–water partition coefficient (Wildman–Crippen LogP) is 2.33. The molecule has 0 heterocycles. The maximum Gasteiger partial charge on any atom is 0.321 e. The summed E-state index contributed by atoms with van der Waals surface area (Å²) < 4.78 is 0. The number of hydrogen-bond acceptors (Lipinski definition) is 3. The van der Waals surface area contributed by atoms with Gasteiger partial charge in [0.05, 0.1) is 5.41 Å². The summed E-state index contributed by atoms with van der Waals surface area (Å²) in [6.07, 6.45) is -0.0407. The van der Waals surface area contributed by atoms with Gasteiger partial charge in [-0.3, -0.25) is 14.4 Å². The summed E-state index contributed by atoms with van der Waals surface area (Å²) in [5, 5.41) is 28.6. The van der Waals surface area contributed by atoms with Gasteiger partial charge in [0, 0.05) is 0 Å². The van der Waals surface area contributed by atoms with Crippen molar-refractivity contribution >= 4 is 17.9 Å². The molecule has 0 aliphatic rings. The van der Waals surface area contributed by atoms with Crippen molar-refractivity contribution in [2.75, 3.05) is 0 Å². The van der Waals surface area contributed by atoms with E-state index in [0.717, 1.165) is 6.92 Å². The summed E-state index contributed by atoms with van der Waals surface area (Å²) in [4.78, 5) is 35.1. The lowest BCUT2D eigenvalue weighted by molar-refractivity contribution is -0.198. The summed E-state index contributed by atoms with van der Waals surface area (Å²) >= 11 is 0. The molecule has 0 aliphatic carbocycles. The minimum Gasteiger partial charge on any atom is -0.481 e. The van der Waals surface area contributed by atoms with E-state index in [-0.39, 0.29) is 12.3 Å². The molecular weight excluding hydrogens is 264 g/mol. The SMILES string of the molecule is CC(C)C[C@@](C(=O)O)(C(C)(C)C)C(C)(C(=O)O)C(=O)O. The molecule has 0 aromatic carbocycles. The first kappa shape index (κ1) is 18.4. The Labute approximate surface area is 118 Å². The van der Waals surface area contributed by atoms with Crippen LogP contribution in [-0.4, -0.2) is 33.2 Å². The van der Waals surface area contributed by atoms with E-state index in [1.54, 1.807) is 34.6 Å². The Bertz CT molecular complexity index is 404. The summed E-state index contributed by atoms with van der Waals surface area (Å²) in [6, 6.07) is 0. The molecule has 0 aromatic heterocycles. The normalized spacial score (nSPS) is 15.8. The number of hydrogen-bond donors (Lipinski definition) is 3. The fourth-order valence-corrected chi connectivity index (χ4v) is 2.95. The molecule has 0 bridgehead atoms. The zero-order valence-corrected chi connectivity index (χ0v) is 12.9. The standard InChI is InChI=1S/C14H24O6/c1-8(2)7-14(11(19)20,12(3,4)5)13(6,9(15)16)10(17)18/h8H,7H2,1-6H3,(H,15,16)(H,17,18)(H,19,20)/t14-/m1/s1. The third-order valence-corrected chi connectivity index (χ3v) is 4.07. The van der Waals surface area contributed by atoms with Gasteiger partial charge in [-0.2, -0.15) is 0 Å². The zero-order valence-electron chi connectivity index (χ0n) is 12.9. The van der Waals surface area contributed by atoms with Gasteiger partial charge >= 0.3 is 17.9 Å². The quantitative estimate of drug-likeness (QED) is 0.647. The van der Waals surface area contributed by atoms with Crippen LogP contribution in [0.5, 0.6) is 0 Å². The molecule has 20 heavy (non-hydrogen) atoms. The van der Waals surface area contributed by atoms with E-state index in [1.807, 2.05) is 0 Å². The Kier molecular flexibility index (Phi) is 4.99. The molecule has 3 N–H and O–H groups in total. The average Bonchev–Trinajstić information content (AvgIpc) is 2.21. The summed E-state index contributed by atoms with van der Waals surface area (Å²) in [7, 11) is 0. The summed E-state index contributed by atoms with van der Waals surface area (Å²) in [5.41, 5.74) is -5.39. The van der Waals surface area contributed by atoms with Crippen molar-refractivity contribution in [1.29, 1.82) is 0 Å². The van der Waals surface area contributed by atoms with Crippen molar-refractivity contribution < 1.29 is 29.7 Å². The molecule has 6 nitrogen and oxygen atoms in total. The predicted molar refractivity (Wildman–Crippen MR) is 72.4 cm³/mol.